The van der Waals surface area contributed by atoms with Crippen LogP contribution in [0.1, 0.15) is 32.1 Å². The average molecular weight is 505 g/mol. The van der Waals surface area contributed by atoms with Gasteiger partial charge in [-0.25, -0.2) is 13.1 Å². The fourth-order valence-electron chi connectivity index (χ4n) is 3.75. The zero-order chi connectivity index (χ0) is 23.9. The van der Waals surface area contributed by atoms with Crippen molar-refractivity contribution in [3.05, 3.63) is 68.3 Å². The highest BCUT2D eigenvalue weighted by Gasteiger charge is 2.27. The van der Waals surface area contributed by atoms with Crippen molar-refractivity contribution in [1.82, 2.24) is 10.1 Å². The number of hydrogen-bond acceptors (Lipinski definition) is 6. The Morgan fingerprint density at radius 1 is 1.18 bits per heavy atom. The third-order valence-corrected chi connectivity index (χ3v) is 8.10. The first-order chi connectivity index (χ1) is 15.6. The summed E-state index contributed by atoms with van der Waals surface area (Å²) in [6.45, 7) is 7.43. The van der Waals surface area contributed by atoms with E-state index in [1.165, 1.54) is 11.4 Å². The molecule has 4 rings (SSSR count). The molecule has 1 aromatic carbocycles. The van der Waals surface area contributed by atoms with Crippen molar-refractivity contribution >= 4 is 50.4 Å². The second-order valence-electron chi connectivity index (χ2n) is 7.57. The number of benzene rings is 1. The largest absolute Gasteiger partial charge is 0.367 e. The lowest BCUT2D eigenvalue weighted by Gasteiger charge is -2.18. The normalized spacial score (nSPS) is 11.5. The number of anilines is 2. The minimum Gasteiger partial charge on any atom is -0.367 e. The van der Waals surface area contributed by atoms with Crippen LogP contribution in [0.2, 0.25) is 5.02 Å². The highest BCUT2D eigenvalue weighted by Crippen LogP contribution is 2.35. The molecule has 4 aromatic rings. The number of sulfonamides is 1. The minimum atomic E-state index is -4.14. The van der Waals surface area contributed by atoms with Gasteiger partial charge in [0.05, 0.1) is 0 Å². The van der Waals surface area contributed by atoms with E-state index in [4.69, 9.17) is 16.1 Å². The smallest absolute Gasteiger partial charge is 0.267 e. The maximum Gasteiger partial charge on any atom is 0.267 e. The van der Waals surface area contributed by atoms with Gasteiger partial charge in [0.25, 0.3) is 21.8 Å². The van der Waals surface area contributed by atoms with Gasteiger partial charge in [0, 0.05) is 18.1 Å². The molecule has 0 fully saturated rings. The first-order valence-electron chi connectivity index (χ1n) is 9.87. The molecule has 1 amide bonds. The number of nitrogens with zero attached hydrogens (tertiary/aromatic N) is 1. The number of rotatable bonds is 6. The number of hydrogen-bond donors (Lipinski definition) is 3. The summed E-state index contributed by atoms with van der Waals surface area (Å²) in [5.41, 5.74) is 5.84. The van der Waals surface area contributed by atoms with E-state index >= 15 is 0 Å². The van der Waals surface area contributed by atoms with E-state index in [0.717, 1.165) is 39.2 Å². The Bertz CT molecular complexity index is 1450. The predicted molar refractivity (Wildman–Crippen MR) is 130 cm³/mol. The lowest BCUT2D eigenvalue weighted by atomic mass is 9.93. The lowest BCUT2D eigenvalue weighted by molar-refractivity contribution is 0.102. The van der Waals surface area contributed by atoms with Gasteiger partial charge in [-0.3, -0.25) is 4.79 Å². The highest BCUT2D eigenvalue weighted by atomic mass is 35.5. The summed E-state index contributed by atoms with van der Waals surface area (Å²) in [6, 6.07) is 5.31. The van der Waals surface area contributed by atoms with E-state index in [1.807, 2.05) is 45.3 Å². The second kappa shape index (κ2) is 8.69. The van der Waals surface area contributed by atoms with Crippen LogP contribution in [0.4, 0.5) is 11.6 Å². The van der Waals surface area contributed by atoms with E-state index in [-0.39, 0.29) is 20.7 Å². The van der Waals surface area contributed by atoms with Gasteiger partial charge in [-0.05, 0) is 73.0 Å². The molecule has 3 heterocycles. The van der Waals surface area contributed by atoms with Crippen LogP contribution in [-0.4, -0.2) is 24.5 Å². The number of aromatic amines is 1. The fraction of sp³-hybridized carbons (Fsp3) is 0.182. The molecule has 0 saturated heterocycles. The molecule has 0 bridgehead atoms. The monoisotopic (exact) mass is 504 g/mol. The molecule has 3 aromatic heterocycles. The van der Waals surface area contributed by atoms with Gasteiger partial charge in [-0.2, -0.15) is 0 Å². The van der Waals surface area contributed by atoms with E-state index in [0.29, 0.717) is 11.4 Å². The lowest BCUT2D eigenvalue weighted by Crippen LogP contribution is -2.19. The van der Waals surface area contributed by atoms with Crippen LogP contribution < -0.4 is 10.0 Å². The average Bonchev–Trinajstić information content (AvgIpc) is 3.50. The van der Waals surface area contributed by atoms with Crippen molar-refractivity contribution in [2.75, 3.05) is 10.0 Å². The summed E-state index contributed by atoms with van der Waals surface area (Å²) in [6.07, 6.45) is 3.73. The summed E-state index contributed by atoms with van der Waals surface area (Å²) < 4.78 is 33.1. The second-order valence-corrected chi connectivity index (χ2v) is 10.5. The number of thiophene rings is 1. The van der Waals surface area contributed by atoms with Crippen molar-refractivity contribution in [3.8, 4) is 11.1 Å². The Balaban J connectivity index is 1.67. The standard InChI is InChI=1S/C22H21ClN4O4S2/c1-11-9-12(2)19(13(3)17(11)15-5-7-24-10-15)25-21(28)20-16(6-8-32-20)33(29,30)27-22-18(23)14(4)26-31-22/h5-10,24,27H,1-4H3,(H,25,28). The molecule has 0 aliphatic rings. The molecule has 0 aliphatic carbocycles. The van der Waals surface area contributed by atoms with E-state index in [9.17, 15) is 13.2 Å². The number of H-pyrrole nitrogens is 1. The molecule has 8 nitrogen and oxygen atoms in total. The van der Waals surface area contributed by atoms with E-state index in [2.05, 4.69) is 20.2 Å². The van der Waals surface area contributed by atoms with Gasteiger partial charge in [0.2, 0.25) is 0 Å². The maximum absolute atomic E-state index is 13.2. The SMILES string of the molecule is Cc1cc(C)c(-c2cc[nH]c2)c(C)c1NC(=O)c1sccc1S(=O)(=O)Nc1onc(C)c1Cl. The zero-order valence-electron chi connectivity index (χ0n) is 18.2. The van der Waals surface area contributed by atoms with Gasteiger partial charge in [-0.15, -0.1) is 11.3 Å². The van der Waals surface area contributed by atoms with Gasteiger partial charge < -0.3 is 14.8 Å². The van der Waals surface area contributed by atoms with E-state index in [1.54, 1.807) is 6.92 Å². The molecule has 11 heteroatoms. The predicted octanol–water partition coefficient (Wildman–Crippen LogP) is 5.67. The Hall–Kier alpha value is -3.08. The fourth-order valence-corrected chi connectivity index (χ4v) is 6.24. The number of amides is 1. The Labute approximate surface area is 200 Å². The Kier molecular flexibility index (Phi) is 6.08. The van der Waals surface area contributed by atoms with Crippen LogP contribution in [0.5, 0.6) is 0 Å². The molecule has 0 saturated carbocycles. The number of halogens is 1. The third-order valence-electron chi connectivity index (χ3n) is 5.24. The van der Waals surface area contributed by atoms with Crippen molar-refractivity contribution in [3.63, 3.8) is 0 Å². The molecule has 172 valence electrons. The third kappa shape index (κ3) is 4.29. The van der Waals surface area contributed by atoms with Crippen LogP contribution in [0.25, 0.3) is 11.1 Å². The summed E-state index contributed by atoms with van der Waals surface area (Å²) in [5.74, 6) is -0.728. The molecule has 0 unspecified atom stereocenters. The summed E-state index contributed by atoms with van der Waals surface area (Å²) in [5, 5.41) is 8.14. The first-order valence-corrected chi connectivity index (χ1v) is 12.6. The van der Waals surface area contributed by atoms with Crippen LogP contribution in [0.3, 0.4) is 0 Å². The van der Waals surface area contributed by atoms with Gasteiger partial charge >= 0.3 is 0 Å². The number of carbonyl (C=O) groups excluding carboxylic acids is 1. The maximum atomic E-state index is 13.2. The van der Waals surface area contributed by atoms with Crippen LogP contribution in [-0.2, 0) is 10.0 Å². The number of aromatic nitrogens is 2. The number of carbonyl (C=O) groups is 1. The molecule has 0 spiro atoms. The number of nitrogens with one attached hydrogen (secondary N) is 3. The molecule has 33 heavy (non-hydrogen) atoms. The molecular formula is C22H21ClN4O4S2. The zero-order valence-corrected chi connectivity index (χ0v) is 20.6. The molecule has 3 N–H and O–H groups in total. The van der Waals surface area contributed by atoms with Crippen LogP contribution >= 0.6 is 22.9 Å². The molecule has 0 radical (unpaired) electrons. The van der Waals surface area contributed by atoms with Crippen LogP contribution in [0, 0.1) is 27.7 Å². The number of aryl methyl sites for hydroxylation is 3. The van der Waals surface area contributed by atoms with Crippen molar-refractivity contribution in [1.29, 1.82) is 0 Å². The van der Waals surface area contributed by atoms with Crippen molar-refractivity contribution in [2.45, 2.75) is 32.6 Å². The topological polar surface area (TPSA) is 117 Å². The van der Waals surface area contributed by atoms with Gasteiger partial charge in [-0.1, -0.05) is 22.8 Å². The minimum absolute atomic E-state index is 0.0393. The molecule has 0 atom stereocenters. The van der Waals surface area contributed by atoms with Crippen LogP contribution in [0.15, 0.2) is 45.4 Å². The molecule has 0 aliphatic heterocycles. The summed E-state index contributed by atoms with van der Waals surface area (Å²) in [4.78, 5) is 16.1. The quantitative estimate of drug-likeness (QED) is 0.312. The molecular weight excluding hydrogens is 484 g/mol. The van der Waals surface area contributed by atoms with Gasteiger partial charge in [0.1, 0.15) is 20.5 Å². The van der Waals surface area contributed by atoms with Crippen molar-refractivity contribution < 1.29 is 17.7 Å². The van der Waals surface area contributed by atoms with Gasteiger partial charge in [0.15, 0.2) is 0 Å². The highest BCUT2D eigenvalue weighted by molar-refractivity contribution is 7.93. The summed E-state index contributed by atoms with van der Waals surface area (Å²) in [7, 11) is -4.14. The van der Waals surface area contributed by atoms with E-state index < -0.39 is 15.9 Å². The first kappa shape index (κ1) is 23.1. The Morgan fingerprint density at radius 2 is 1.94 bits per heavy atom. The summed E-state index contributed by atoms with van der Waals surface area (Å²) >= 11 is 7.05. The Morgan fingerprint density at radius 3 is 2.58 bits per heavy atom. The van der Waals surface area contributed by atoms with Crippen molar-refractivity contribution in [2.24, 2.45) is 0 Å².